The maximum atomic E-state index is 5.29. The highest BCUT2D eigenvalue weighted by atomic mass is 16.5. The Kier molecular flexibility index (Phi) is 2.79. The Morgan fingerprint density at radius 3 is 2.25 bits per heavy atom. The van der Waals surface area contributed by atoms with E-state index in [1.807, 2.05) is 7.05 Å². The largest absolute Gasteiger partial charge is 0.380 e. The van der Waals surface area contributed by atoms with Crippen LogP contribution in [0, 0.1) is 5.41 Å². The van der Waals surface area contributed by atoms with Gasteiger partial charge in [-0.3, -0.25) is 0 Å². The molecular weight excluding hydrogens is 150 g/mol. The molecule has 0 spiro atoms. The standard InChI is InChI=1S/C10H21NO/c1-5-10(7-12-8-10)6-9(2,3)11-4/h11H,5-8H2,1-4H3. The second-order valence-electron chi connectivity index (χ2n) is 4.66. The first kappa shape index (κ1) is 10.0. The lowest BCUT2D eigenvalue weighted by molar-refractivity contribution is -0.128. The van der Waals surface area contributed by atoms with Gasteiger partial charge in [-0.1, -0.05) is 6.92 Å². The third-order valence-corrected chi connectivity index (χ3v) is 3.06. The van der Waals surface area contributed by atoms with Gasteiger partial charge in [0.25, 0.3) is 0 Å². The normalized spacial score (nSPS) is 22.0. The maximum absolute atomic E-state index is 5.29. The molecular formula is C10H21NO. The Morgan fingerprint density at radius 2 is 2.00 bits per heavy atom. The van der Waals surface area contributed by atoms with E-state index in [-0.39, 0.29) is 5.54 Å². The summed E-state index contributed by atoms with van der Waals surface area (Å²) >= 11 is 0. The molecule has 2 nitrogen and oxygen atoms in total. The monoisotopic (exact) mass is 171 g/mol. The molecule has 0 aromatic rings. The van der Waals surface area contributed by atoms with Crippen molar-refractivity contribution in [3.63, 3.8) is 0 Å². The van der Waals surface area contributed by atoms with Crippen molar-refractivity contribution in [2.24, 2.45) is 5.41 Å². The van der Waals surface area contributed by atoms with Gasteiger partial charge in [0.05, 0.1) is 13.2 Å². The lowest BCUT2D eigenvalue weighted by Gasteiger charge is -2.45. The van der Waals surface area contributed by atoms with Crippen LogP contribution in [0.3, 0.4) is 0 Å². The van der Waals surface area contributed by atoms with Crippen molar-refractivity contribution in [2.45, 2.75) is 39.2 Å². The molecule has 2 heteroatoms. The van der Waals surface area contributed by atoms with Gasteiger partial charge in [-0.15, -0.1) is 0 Å². The van der Waals surface area contributed by atoms with Crippen LogP contribution in [-0.4, -0.2) is 25.8 Å². The van der Waals surface area contributed by atoms with E-state index in [1.165, 1.54) is 12.8 Å². The number of ether oxygens (including phenoxy) is 1. The van der Waals surface area contributed by atoms with E-state index in [0.29, 0.717) is 5.41 Å². The molecule has 1 heterocycles. The van der Waals surface area contributed by atoms with Crippen LogP contribution in [0.5, 0.6) is 0 Å². The predicted molar refractivity (Wildman–Crippen MR) is 51.3 cm³/mol. The Hall–Kier alpha value is -0.0800. The molecule has 0 aromatic heterocycles. The van der Waals surface area contributed by atoms with Crippen LogP contribution in [0.15, 0.2) is 0 Å². The van der Waals surface area contributed by atoms with Crippen LogP contribution in [0.4, 0.5) is 0 Å². The van der Waals surface area contributed by atoms with Crippen molar-refractivity contribution in [1.29, 1.82) is 0 Å². The molecule has 72 valence electrons. The second kappa shape index (κ2) is 3.35. The molecule has 0 aliphatic carbocycles. The molecule has 1 saturated heterocycles. The van der Waals surface area contributed by atoms with Crippen LogP contribution >= 0.6 is 0 Å². The third kappa shape index (κ3) is 1.99. The van der Waals surface area contributed by atoms with Gasteiger partial charge in [-0.2, -0.15) is 0 Å². The van der Waals surface area contributed by atoms with Gasteiger partial charge in [0.2, 0.25) is 0 Å². The Balaban J connectivity index is 2.47. The van der Waals surface area contributed by atoms with Gasteiger partial charge in [-0.25, -0.2) is 0 Å². The SMILES string of the molecule is CCC1(CC(C)(C)NC)COC1. The smallest absolute Gasteiger partial charge is 0.0545 e. The average molecular weight is 171 g/mol. The highest BCUT2D eigenvalue weighted by molar-refractivity contribution is 4.92. The number of rotatable bonds is 4. The lowest BCUT2D eigenvalue weighted by atomic mass is 9.73. The molecule has 12 heavy (non-hydrogen) atoms. The molecule has 0 radical (unpaired) electrons. The van der Waals surface area contributed by atoms with Gasteiger partial charge in [0.1, 0.15) is 0 Å². The van der Waals surface area contributed by atoms with E-state index in [0.717, 1.165) is 13.2 Å². The first-order chi connectivity index (χ1) is 5.54. The molecule has 0 saturated carbocycles. The highest BCUT2D eigenvalue weighted by Crippen LogP contribution is 2.38. The van der Waals surface area contributed by atoms with E-state index in [4.69, 9.17) is 4.74 Å². The summed E-state index contributed by atoms with van der Waals surface area (Å²) in [6, 6.07) is 0. The Morgan fingerprint density at radius 1 is 1.42 bits per heavy atom. The van der Waals surface area contributed by atoms with E-state index in [2.05, 4.69) is 26.1 Å². The summed E-state index contributed by atoms with van der Waals surface area (Å²) in [5.74, 6) is 0. The topological polar surface area (TPSA) is 21.3 Å². The fraction of sp³-hybridized carbons (Fsp3) is 1.00. The van der Waals surface area contributed by atoms with Gasteiger partial charge < -0.3 is 10.1 Å². The van der Waals surface area contributed by atoms with Crippen LogP contribution in [0.25, 0.3) is 0 Å². The quantitative estimate of drug-likeness (QED) is 0.696. The summed E-state index contributed by atoms with van der Waals surface area (Å²) in [6.45, 7) is 8.67. The van der Waals surface area contributed by atoms with Crippen molar-refractivity contribution in [1.82, 2.24) is 5.32 Å². The summed E-state index contributed by atoms with van der Waals surface area (Å²) in [5, 5.41) is 3.34. The lowest BCUT2D eigenvalue weighted by Crippen LogP contribution is -2.50. The second-order valence-corrected chi connectivity index (χ2v) is 4.66. The van der Waals surface area contributed by atoms with Crippen molar-refractivity contribution in [2.75, 3.05) is 20.3 Å². The molecule has 0 atom stereocenters. The zero-order chi connectivity index (χ0) is 9.24. The summed E-state index contributed by atoms with van der Waals surface area (Å²) in [4.78, 5) is 0. The van der Waals surface area contributed by atoms with Crippen LogP contribution in [0.2, 0.25) is 0 Å². The highest BCUT2D eigenvalue weighted by Gasteiger charge is 2.40. The number of nitrogens with one attached hydrogen (secondary N) is 1. The molecule has 0 unspecified atom stereocenters. The minimum Gasteiger partial charge on any atom is -0.380 e. The van der Waals surface area contributed by atoms with Crippen LogP contribution in [-0.2, 0) is 4.74 Å². The Bertz CT molecular complexity index is 144. The molecule has 1 aliphatic heterocycles. The fourth-order valence-electron chi connectivity index (χ4n) is 1.85. The van der Waals surface area contributed by atoms with E-state index in [1.54, 1.807) is 0 Å². The predicted octanol–water partition coefficient (Wildman–Crippen LogP) is 1.80. The van der Waals surface area contributed by atoms with Gasteiger partial charge in [-0.05, 0) is 33.7 Å². The minimum atomic E-state index is 0.250. The molecule has 0 amide bonds. The molecule has 0 bridgehead atoms. The summed E-state index contributed by atoms with van der Waals surface area (Å²) in [7, 11) is 2.03. The van der Waals surface area contributed by atoms with Crippen LogP contribution < -0.4 is 5.32 Å². The molecule has 0 aromatic carbocycles. The zero-order valence-corrected chi connectivity index (χ0v) is 8.74. The van der Waals surface area contributed by atoms with Crippen molar-refractivity contribution >= 4 is 0 Å². The zero-order valence-electron chi connectivity index (χ0n) is 8.74. The minimum absolute atomic E-state index is 0.250. The van der Waals surface area contributed by atoms with E-state index >= 15 is 0 Å². The van der Waals surface area contributed by atoms with Gasteiger partial charge in [0.15, 0.2) is 0 Å². The average Bonchev–Trinajstić information content (AvgIpc) is 1.97. The summed E-state index contributed by atoms with van der Waals surface area (Å²) < 4.78 is 5.29. The summed E-state index contributed by atoms with van der Waals surface area (Å²) in [6.07, 6.45) is 2.45. The summed E-state index contributed by atoms with van der Waals surface area (Å²) in [5.41, 5.74) is 0.715. The number of hydrogen-bond donors (Lipinski definition) is 1. The molecule has 1 rings (SSSR count). The molecule has 1 fully saturated rings. The van der Waals surface area contributed by atoms with Gasteiger partial charge in [0, 0.05) is 11.0 Å². The van der Waals surface area contributed by atoms with Crippen LogP contribution in [0.1, 0.15) is 33.6 Å². The van der Waals surface area contributed by atoms with E-state index in [9.17, 15) is 0 Å². The van der Waals surface area contributed by atoms with Crippen molar-refractivity contribution < 1.29 is 4.74 Å². The van der Waals surface area contributed by atoms with E-state index < -0.39 is 0 Å². The Labute approximate surface area is 75.7 Å². The first-order valence-corrected chi connectivity index (χ1v) is 4.80. The maximum Gasteiger partial charge on any atom is 0.0545 e. The fourth-order valence-corrected chi connectivity index (χ4v) is 1.85. The molecule has 1 N–H and O–H groups in total. The number of hydrogen-bond acceptors (Lipinski definition) is 2. The van der Waals surface area contributed by atoms with Gasteiger partial charge >= 0.3 is 0 Å². The third-order valence-electron chi connectivity index (χ3n) is 3.06. The van der Waals surface area contributed by atoms with Crippen molar-refractivity contribution in [3.05, 3.63) is 0 Å². The first-order valence-electron chi connectivity index (χ1n) is 4.80. The van der Waals surface area contributed by atoms with Crippen molar-refractivity contribution in [3.8, 4) is 0 Å². The molecule has 1 aliphatic rings.